The Labute approximate surface area is 97.6 Å². The highest BCUT2D eigenvalue weighted by molar-refractivity contribution is 5.78. The van der Waals surface area contributed by atoms with Crippen LogP contribution in [0.25, 0.3) is 0 Å². The van der Waals surface area contributed by atoms with Gasteiger partial charge in [-0.2, -0.15) is 0 Å². The number of aliphatic hydroxyl groups excluding tert-OH is 1. The van der Waals surface area contributed by atoms with Crippen LogP contribution in [0.1, 0.15) is 39.5 Å². The SMILES string of the molecule is CC(N)C(C)C(=O)NCC1CCCC(O)C1. The number of rotatable bonds is 4. The maximum atomic E-state index is 11.7. The van der Waals surface area contributed by atoms with Crippen molar-refractivity contribution >= 4 is 5.91 Å². The van der Waals surface area contributed by atoms with Crippen LogP contribution in [-0.2, 0) is 4.79 Å². The topological polar surface area (TPSA) is 75.4 Å². The fourth-order valence-corrected chi connectivity index (χ4v) is 2.09. The van der Waals surface area contributed by atoms with Crippen LogP contribution in [0.15, 0.2) is 0 Å². The van der Waals surface area contributed by atoms with Crippen LogP contribution >= 0.6 is 0 Å². The van der Waals surface area contributed by atoms with Gasteiger partial charge < -0.3 is 16.2 Å². The summed E-state index contributed by atoms with van der Waals surface area (Å²) in [5, 5.41) is 12.4. The Morgan fingerprint density at radius 1 is 1.50 bits per heavy atom. The van der Waals surface area contributed by atoms with E-state index in [0.717, 1.165) is 25.7 Å². The zero-order valence-electron chi connectivity index (χ0n) is 10.3. The molecule has 1 aliphatic rings. The van der Waals surface area contributed by atoms with Gasteiger partial charge in [0.25, 0.3) is 0 Å². The normalized spacial score (nSPS) is 29.5. The highest BCUT2D eigenvalue weighted by atomic mass is 16.3. The van der Waals surface area contributed by atoms with Crippen LogP contribution in [0.2, 0.25) is 0 Å². The highest BCUT2D eigenvalue weighted by Crippen LogP contribution is 2.23. The predicted molar refractivity (Wildman–Crippen MR) is 63.8 cm³/mol. The van der Waals surface area contributed by atoms with Gasteiger partial charge in [-0.15, -0.1) is 0 Å². The fraction of sp³-hybridized carbons (Fsp3) is 0.917. The van der Waals surface area contributed by atoms with Crippen molar-refractivity contribution < 1.29 is 9.90 Å². The molecule has 0 spiro atoms. The minimum Gasteiger partial charge on any atom is -0.393 e. The summed E-state index contributed by atoms with van der Waals surface area (Å²) in [5.41, 5.74) is 5.67. The second-order valence-corrected chi connectivity index (χ2v) is 5.08. The van der Waals surface area contributed by atoms with Crippen molar-refractivity contribution in [2.24, 2.45) is 17.6 Å². The zero-order valence-corrected chi connectivity index (χ0v) is 10.3. The number of carbonyl (C=O) groups excluding carboxylic acids is 1. The van der Waals surface area contributed by atoms with E-state index in [0.29, 0.717) is 12.5 Å². The maximum Gasteiger partial charge on any atom is 0.224 e. The molecule has 0 bridgehead atoms. The van der Waals surface area contributed by atoms with Gasteiger partial charge in [0.15, 0.2) is 0 Å². The Morgan fingerprint density at radius 2 is 2.19 bits per heavy atom. The third kappa shape index (κ3) is 4.10. The zero-order chi connectivity index (χ0) is 12.1. The van der Waals surface area contributed by atoms with Gasteiger partial charge in [-0.05, 0) is 32.1 Å². The van der Waals surface area contributed by atoms with Crippen molar-refractivity contribution in [2.75, 3.05) is 6.54 Å². The summed E-state index contributed by atoms with van der Waals surface area (Å²) in [5.74, 6) is 0.302. The van der Waals surface area contributed by atoms with Gasteiger partial charge in [0.1, 0.15) is 0 Å². The molecule has 0 aromatic carbocycles. The number of carbonyl (C=O) groups is 1. The molecule has 16 heavy (non-hydrogen) atoms. The van der Waals surface area contributed by atoms with E-state index in [4.69, 9.17) is 5.73 Å². The molecule has 1 amide bonds. The molecule has 0 radical (unpaired) electrons. The third-order valence-corrected chi connectivity index (χ3v) is 3.52. The molecule has 94 valence electrons. The van der Waals surface area contributed by atoms with Crippen LogP contribution in [-0.4, -0.2) is 29.7 Å². The van der Waals surface area contributed by atoms with Gasteiger partial charge in [-0.25, -0.2) is 0 Å². The minimum absolute atomic E-state index is 0.0232. The lowest BCUT2D eigenvalue weighted by molar-refractivity contribution is -0.125. The first kappa shape index (κ1) is 13.5. The average molecular weight is 228 g/mol. The summed E-state index contributed by atoms with van der Waals surface area (Å²) in [6.07, 6.45) is 3.70. The van der Waals surface area contributed by atoms with Gasteiger partial charge in [0.2, 0.25) is 5.91 Å². The van der Waals surface area contributed by atoms with Gasteiger partial charge >= 0.3 is 0 Å². The van der Waals surface area contributed by atoms with Crippen LogP contribution in [0.5, 0.6) is 0 Å². The Balaban J connectivity index is 2.25. The molecule has 1 saturated carbocycles. The van der Waals surface area contributed by atoms with Crippen molar-refractivity contribution in [1.29, 1.82) is 0 Å². The summed E-state index contributed by atoms with van der Waals surface area (Å²) < 4.78 is 0. The summed E-state index contributed by atoms with van der Waals surface area (Å²) in [6, 6.07) is -0.114. The first-order valence-corrected chi connectivity index (χ1v) is 6.22. The fourth-order valence-electron chi connectivity index (χ4n) is 2.09. The van der Waals surface area contributed by atoms with E-state index in [1.165, 1.54) is 0 Å². The Kier molecular flexibility index (Phi) is 5.22. The lowest BCUT2D eigenvalue weighted by Gasteiger charge is -2.26. The smallest absolute Gasteiger partial charge is 0.224 e. The second-order valence-electron chi connectivity index (χ2n) is 5.08. The quantitative estimate of drug-likeness (QED) is 0.661. The van der Waals surface area contributed by atoms with Crippen LogP contribution in [0.4, 0.5) is 0 Å². The molecule has 4 heteroatoms. The molecule has 0 aromatic heterocycles. The predicted octanol–water partition coefficient (Wildman–Crippen LogP) is 0.637. The van der Waals surface area contributed by atoms with Crippen molar-refractivity contribution in [1.82, 2.24) is 5.32 Å². The first-order chi connectivity index (χ1) is 7.50. The van der Waals surface area contributed by atoms with Crippen molar-refractivity contribution in [3.05, 3.63) is 0 Å². The summed E-state index contributed by atoms with van der Waals surface area (Å²) in [4.78, 5) is 11.7. The van der Waals surface area contributed by atoms with E-state index in [1.54, 1.807) is 0 Å². The molecule has 0 saturated heterocycles. The van der Waals surface area contributed by atoms with Crippen LogP contribution < -0.4 is 11.1 Å². The Morgan fingerprint density at radius 3 is 2.75 bits per heavy atom. The monoisotopic (exact) mass is 228 g/mol. The molecule has 4 nitrogen and oxygen atoms in total. The molecule has 4 N–H and O–H groups in total. The largest absolute Gasteiger partial charge is 0.393 e. The Hall–Kier alpha value is -0.610. The van der Waals surface area contributed by atoms with Crippen LogP contribution in [0.3, 0.4) is 0 Å². The second kappa shape index (κ2) is 6.21. The van der Waals surface area contributed by atoms with E-state index in [2.05, 4.69) is 5.32 Å². The number of hydrogen-bond acceptors (Lipinski definition) is 3. The molecular formula is C12H24N2O2. The molecule has 1 rings (SSSR count). The average Bonchev–Trinajstić information content (AvgIpc) is 2.24. The van der Waals surface area contributed by atoms with E-state index < -0.39 is 0 Å². The van der Waals surface area contributed by atoms with Crippen molar-refractivity contribution in [3.8, 4) is 0 Å². The highest BCUT2D eigenvalue weighted by Gasteiger charge is 2.22. The molecular weight excluding hydrogens is 204 g/mol. The summed E-state index contributed by atoms with van der Waals surface area (Å²) in [7, 11) is 0. The van der Waals surface area contributed by atoms with Gasteiger partial charge in [0.05, 0.1) is 6.10 Å². The number of aliphatic hydroxyl groups is 1. The lowest BCUT2D eigenvalue weighted by atomic mass is 9.87. The van der Waals surface area contributed by atoms with E-state index in [-0.39, 0.29) is 24.0 Å². The van der Waals surface area contributed by atoms with Gasteiger partial charge in [-0.3, -0.25) is 4.79 Å². The molecule has 4 unspecified atom stereocenters. The number of amides is 1. The van der Waals surface area contributed by atoms with Crippen LogP contribution in [0, 0.1) is 11.8 Å². The Bertz CT molecular complexity index is 231. The number of hydrogen-bond donors (Lipinski definition) is 3. The lowest BCUT2D eigenvalue weighted by Crippen LogP contribution is -2.41. The minimum atomic E-state index is -0.179. The summed E-state index contributed by atoms with van der Waals surface area (Å²) in [6.45, 7) is 4.36. The van der Waals surface area contributed by atoms with Gasteiger partial charge in [0, 0.05) is 18.5 Å². The van der Waals surface area contributed by atoms with E-state index in [9.17, 15) is 9.90 Å². The number of nitrogens with one attached hydrogen (secondary N) is 1. The van der Waals surface area contributed by atoms with Crippen molar-refractivity contribution in [3.63, 3.8) is 0 Å². The number of nitrogens with two attached hydrogens (primary N) is 1. The maximum absolute atomic E-state index is 11.7. The van der Waals surface area contributed by atoms with E-state index in [1.807, 2.05) is 13.8 Å². The van der Waals surface area contributed by atoms with Crippen molar-refractivity contribution in [2.45, 2.75) is 51.7 Å². The molecule has 4 atom stereocenters. The molecule has 0 heterocycles. The molecule has 1 aliphatic carbocycles. The molecule has 0 aromatic rings. The summed E-state index contributed by atoms with van der Waals surface area (Å²) >= 11 is 0. The van der Waals surface area contributed by atoms with Gasteiger partial charge in [-0.1, -0.05) is 13.3 Å². The third-order valence-electron chi connectivity index (χ3n) is 3.52. The first-order valence-electron chi connectivity index (χ1n) is 6.22. The van der Waals surface area contributed by atoms with E-state index >= 15 is 0 Å². The molecule has 1 fully saturated rings. The standard InChI is InChI=1S/C12H24N2O2/c1-8(9(2)13)12(16)14-7-10-4-3-5-11(15)6-10/h8-11,15H,3-7,13H2,1-2H3,(H,14,16). The molecule has 0 aliphatic heterocycles.